The number of nitrogens with zero attached hydrogens (tertiary/aromatic N) is 2. The standard InChI is InChI=1S/C24H33N3O4S/c1-24(2,3)31-23(28)27-14-11-19(12-15-27)22-20(6-5-13-26-22)17-25-16-18-7-9-21(10-8-18)32(4,29)30/h5-10,13,19,25H,11-12,14-17H2,1-4H3. The Labute approximate surface area is 191 Å². The Bertz CT molecular complexity index is 1020. The van der Waals surface area contributed by atoms with Gasteiger partial charge in [0.25, 0.3) is 0 Å². The molecule has 1 aliphatic rings. The summed E-state index contributed by atoms with van der Waals surface area (Å²) in [4.78, 5) is 19.1. The van der Waals surface area contributed by atoms with Gasteiger partial charge in [-0.3, -0.25) is 4.98 Å². The highest BCUT2D eigenvalue weighted by atomic mass is 32.2. The minimum Gasteiger partial charge on any atom is -0.444 e. The van der Waals surface area contributed by atoms with Crippen LogP contribution < -0.4 is 5.32 Å². The number of hydrogen-bond donors (Lipinski definition) is 1. The van der Waals surface area contributed by atoms with E-state index >= 15 is 0 Å². The van der Waals surface area contributed by atoms with Crippen LogP contribution in [0.3, 0.4) is 0 Å². The van der Waals surface area contributed by atoms with E-state index in [9.17, 15) is 13.2 Å². The van der Waals surface area contributed by atoms with E-state index < -0.39 is 15.4 Å². The van der Waals surface area contributed by atoms with Crippen LogP contribution in [-0.2, 0) is 27.7 Å². The van der Waals surface area contributed by atoms with Crippen molar-refractivity contribution in [2.24, 2.45) is 0 Å². The molecule has 7 nitrogen and oxygen atoms in total. The minimum absolute atomic E-state index is 0.249. The van der Waals surface area contributed by atoms with E-state index in [1.54, 1.807) is 17.0 Å². The number of likely N-dealkylation sites (tertiary alicyclic amines) is 1. The van der Waals surface area contributed by atoms with Gasteiger partial charge in [-0.1, -0.05) is 18.2 Å². The fourth-order valence-corrected chi connectivity index (χ4v) is 4.46. The second-order valence-corrected chi connectivity index (χ2v) is 11.3. The molecule has 1 aromatic carbocycles. The van der Waals surface area contributed by atoms with Gasteiger partial charge in [0.05, 0.1) is 4.90 Å². The van der Waals surface area contributed by atoms with Crippen LogP contribution in [0.25, 0.3) is 0 Å². The van der Waals surface area contributed by atoms with E-state index in [2.05, 4.69) is 16.4 Å². The summed E-state index contributed by atoms with van der Waals surface area (Å²) < 4.78 is 28.7. The maximum Gasteiger partial charge on any atom is 0.410 e. The molecular weight excluding hydrogens is 426 g/mol. The van der Waals surface area contributed by atoms with Gasteiger partial charge in [-0.2, -0.15) is 0 Å². The number of aromatic nitrogens is 1. The number of ether oxygens (including phenoxy) is 1. The molecule has 1 N–H and O–H groups in total. The average Bonchev–Trinajstić information content (AvgIpc) is 2.73. The smallest absolute Gasteiger partial charge is 0.410 e. The summed E-state index contributed by atoms with van der Waals surface area (Å²) in [6, 6.07) is 11.0. The molecule has 32 heavy (non-hydrogen) atoms. The molecule has 0 spiro atoms. The number of nitrogens with one attached hydrogen (secondary N) is 1. The molecule has 8 heteroatoms. The first-order valence-electron chi connectivity index (χ1n) is 10.9. The van der Waals surface area contributed by atoms with Crippen LogP contribution in [-0.4, -0.2) is 49.3 Å². The summed E-state index contributed by atoms with van der Waals surface area (Å²) >= 11 is 0. The third-order valence-corrected chi connectivity index (χ3v) is 6.58. The zero-order chi connectivity index (χ0) is 23.4. The Morgan fingerprint density at radius 1 is 1.12 bits per heavy atom. The molecule has 1 saturated heterocycles. The van der Waals surface area contributed by atoms with E-state index in [4.69, 9.17) is 4.74 Å². The fraction of sp³-hybridized carbons (Fsp3) is 0.500. The molecule has 0 aliphatic carbocycles. The zero-order valence-electron chi connectivity index (χ0n) is 19.3. The van der Waals surface area contributed by atoms with Crippen molar-refractivity contribution >= 4 is 15.9 Å². The third kappa shape index (κ3) is 6.77. The molecule has 1 aliphatic heterocycles. The fourth-order valence-electron chi connectivity index (χ4n) is 3.83. The monoisotopic (exact) mass is 459 g/mol. The van der Waals surface area contributed by atoms with Crippen molar-refractivity contribution in [1.29, 1.82) is 0 Å². The number of pyridine rings is 1. The first-order valence-corrected chi connectivity index (χ1v) is 12.8. The van der Waals surface area contributed by atoms with Crippen molar-refractivity contribution < 1.29 is 17.9 Å². The highest BCUT2D eigenvalue weighted by Gasteiger charge is 2.28. The zero-order valence-corrected chi connectivity index (χ0v) is 20.1. The number of amides is 1. The highest BCUT2D eigenvalue weighted by Crippen LogP contribution is 2.29. The van der Waals surface area contributed by atoms with Gasteiger partial charge in [0, 0.05) is 50.2 Å². The predicted molar refractivity (Wildman–Crippen MR) is 124 cm³/mol. The van der Waals surface area contributed by atoms with Gasteiger partial charge in [0.2, 0.25) is 0 Å². The number of sulfone groups is 1. The van der Waals surface area contributed by atoms with E-state index in [0.717, 1.165) is 29.7 Å². The van der Waals surface area contributed by atoms with Gasteiger partial charge in [0.15, 0.2) is 9.84 Å². The molecular formula is C24H33N3O4S. The summed E-state index contributed by atoms with van der Waals surface area (Å²) in [5, 5.41) is 3.43. The minimum atomic E-state index is -3.18. The molecule has 0 saturated carbocycles. The van der Waals surface area contributed by atoms with Gasteiger partial charge in [-0.05, 0) is 62.9 Å². The van der Waals surface area contributed by atoms with Crippen LogP contribution in [0.5, 0.6) is 0 Å². The number of carbonyl (C=O) groups excluding carboxylic acids is 1. The number of rotatable bonds is 6. The molecule has 174 valence electrons. The Morgan fingerprint density at radius 2 is 1.78 bits per heavy atom. The lowest BCUT2D eigenvalue weighted by atomic mass is 9.90. The van der Waals surface area contributed by atoms with Crippen molar-refractivity contribution in [1.82, 2.24) is 15.2 Å². The molecule has 0 radical (unpaired) electrons. The first-order chi connectivity index (χ1) is 15.0. The topological polar surface area (TPSA) is 88.6 Å². The second kappa shape index (κ2) is 10.0. The summed E-state index contributed by atoms with van der Waals surface area (Å²) in [5.41, 5.74) is 2.76. The molecule has 1 fully saturated rings. The molecule has 2 heterocycles. The lowest BCUT2D eigenvalue weighted by Gasteiger charge is -2.33. The molecule has 0 unspecified atom stereocenters. The normalized spacial score (nSPS) is 15.6. The Hall–Kier alpha value is -2.45. The van der Waals surface area contributed by atoms with Crippen molar-refractivity contribution in [3.05, 3.63) is 59.4 Å². The quantitative estimate of drug-likeness (QED) is 0.705. The molecule has 1 aromatic heterocycles. The maximum absolute atomic E-state index is 12.3. The van der Waals surface area contributed by atoms with E-state index in [1.165, 1.54) is 6.26 Å². The van der Waals surface area contributed by atoms with Gasteiger partial charge in [-0.25, -0.2) is 13.2 Å². The Kier molecular flexibility index (Phi) is 7.56. The summed E-state index contributed by atoms with van der Waals surface area (Å²) in [6.45, 7) is 8.27. The number of benzene rings is 1. The van der Waals surface area contributed by atoms with Crippen LogP contribution in [0.1, 0.15) is 56.4 Å². The van der Waals surface area contributed by atoms with Gasteiger partial charge in [-0.15, -0.1) is 0 Å². The molecule has 3 rings (SSSR count). The number of piperidine rings is 1. The van der Waals surface area contributed by atoms with Gasteiger partial charge >= 0.3 is 6.09 Å². The SMILES string of the molecule is CC(C)(C)OC(=O)N1CCC(c2ncccc2CNCc2ccc(S(C)(=O)=O)cc2)CC1. The van der Waals surface area contributed by atoms with Crippen molar-refractivity contribution in [2.75, 3.05) is 19.3 Å². The summed E-state index contributed by atoms with van der Waals surface area (Å²) in [5.74, 6) is 0.306. The third-order valence-electron chi connectivity index (χ3n) is 5.46. The van der Waals surface area contributed by atoms with Crippen LogP contribution in [0.15, 0.2) is 47.5 Å². The summed E-state index contributed by atoms with van der Waals surface area (Å²) in [7, 11) is -3.18. The Morgan fingerprint density at radius 3 is 2.38 bits per heavy atom. The largest absolute Gasteiger partial charge is 0.444 e. The second-order valence-electron chi connectivity index (χ2n) is 9.31. The van der Waals surface area contributed by atoms with Gasteiger partial charge < -0.3 is 15.0 Å². The van der Waals surface area contributed by atoms with E-state index in [-0.39, 0.29) is 6.09 Å². The Balaban J connectivity index is 1.56. The molecule has 0 bridgehead atoms. The highest BCUT2D eigenvalue weighted by molar-refractivity contribution is 7.90. The van der Waals surface area contributed by atoms with Crippen molar-refractivity contribution in [3.8, 4) is 0 Å². The van der Waals surface area contributed by atoms with Crippen LogP contribution in [0.4, 0.5) is 4.79 Å². The number of hydrogen-bond acceptors (Lipinski definition) is 6. The lowest BCUT2D eigenvalue weighted by molar-refractivity contribution is 0.0204. The van der Waals surface area contributed by atoms with Crippen molar-refractivity contribution in [2.45, 2.75) is 63.1 Å². The molecule has 0 atom stereocenters. The maximum atomic E-state index is 12.3. The average molecular weight is 460 g/mol. The van der Waals surface area contributed by atoms with E-state index in [1.807, 2.05) is 45.2 Å². The lowest BCUT2D eigenvalue weighted by Crippen LogP contribution is -2.41. The van der Waals surface area contributed by atoms with Crippen molar-refractivity contribution in [3.63, 3.8) is 0 Å². The van der Waals surface area contributed by atoms with Crippen LogP contribution >= 0.6 is 0 Å². The van der Waals surface area contributed by atoms with E-state index in [0.29, 0.717) is 37.0 Å². The van der Waals surface area contributed by atoms with Crippen LogP contribution in [0.2, 0.25) is 0 Å². The molecule has 1 amide bonds. The van der Waals surface area contributed by atoms with Gasteiger partial charge in [0.1, 0.15) is 5.60 Å². The first kappa shape index (κ1) is 24.2. The van der Waals surface area contributed by atoms with Crippen LogP contribution in [0, 0.1) is 0 Å². The number of carbonyl (C=O) groups is 1. The predicted octanol–water partition coefficient (Wildman–Crippen LogP) is 3.89. The molecule has 2 aromatic rings. The summed E-state index contributed by atoms with van der Waals surface area (Å²) in [6.07, 6.45) is 4.50.